The van der Waals surface area contributed by atoms with E-state index in [0.29, 0.717) is 26.1 Å². The van der Waals surface area contributed by atoms with Gasteiger partial charge >= 0.3 is 0 Å². The molecule has 6 heteroatoms. The Kier molecular flexibility index (Phi) is 7.23. The van der Waals surface area contributed by atoms with Crippen LogP contribution in [0.3, 0.4) is 0 Å². The van der Waals surface area contributed by atoms with Gasteiger partial charge in [0, 0.05) is 38.1 Å². The van der Waals surface area contributed by atoms with Gasteiger partial charge in [-0.2, -0.15) is 0 Å². The van der Waals surface area contributed by atoms with Crippen LogP contribution in [0.2, 0.25) is 0 Å². The molecule has 0 saturated heterocycles. The van der Waals surface area contributed by atoms with E-state index in [9.17, 15) is 9.59 Å². The molecule has 0 saturated carbocycles. The second-order valence-corrected chi connectivity index (χ2v) is 7.97. The molecule has 5 nitrogen and oxygen atoms in total. The van der Waals surface area contributed by atoms with Gasteiger partial charge in [0.25, 0.3) is 0 Å². The average Bonchev–Trinajstić information content (AvgIpc) is 3.21. The molecule has 0 bridgehead atoms. The van der Waals surface area contributed by atoms with Crippen LogP contribution in [-0.2, 0) is 20.7 Å². The number of amides is 2. The van der Waals surface area contributed by atoms with Crippen molar-refractivity contribution in [3.05, 3.63) is 57.8 Å². The Hall–Kier alpha value is -2.18. The van der Waals surface area contributed by atoms with E-state index < -0.39 is 0 Å². The third kappa shape index (κ3) is 4.62. The van der Waals surface area contributed by atoms with E-state index in [1.807, 2.05) is 30.0 Å². The fourth-order valence-electron chi connectivity index (χ4n) is 3.75. The van der Waals surface area contributed by atoms with Crippen molar-refractivity contribution in [1.29, 1.82) is 0 Å². The number of nitrogens with zero attached hydrogens (tertiary/aromatic N) is 2. The molecule has 1 aromatic carbocycles. The SMILES string of the molecule is CCC(=O)N(CCCOC)CC(=O)N1CCc2sccc2C1c1ccccc1. The highest BCUT2D eigenvalue weighted by atomic mass is 32.1. The number of hydrogen-bond donors (Lipinski definition) is 0. The molecule has 0 N–H and O–H groups in total. The smallest absolute Gasteiger partial charge is 0.242 e. The average molecular weight is 401 g/mol. The van der Waals surface area contributed by atoms with Gasteiger partial charge in [-0.1, -0.05) is 37.3 Å². The highest BCUT2D eigenvalue weighted by Crippen LogP contribution is 2.37. The maximum absolute atomic E-state index is 13.3. The van der Waals surface area contributed by atoms with E-state index in [1.54, 1.807) is 23.3 Å². The Balaban J connectivity index is 1.81. The Labute approximate surface area is 170 Å². The number of benzene rings is 1. The number of hydrogen-bond acceptors (Lipinski definition) is 4. The molecule has 28 heavy (non-hydrogen) atoms. The lowest BCUT2D eigenvalue weighted by atomic mass is 9.93. The lowest BCUT2D eigenvalue weighted by Gasteiger charge is -2.37. The number of ether oxygens (including phenoxy) is 1. The van der Waals surface area contributed by atoms with E-state index in [-0.39, 0.29) is 24.4 Å². The number of carbonyl (C=O) groups is 2. The highest BCUT2D eigenvalue weighted by Gasteiger charge is 2.33. The van der Waals surface area contributed by atoms with Gasteiger partial charge < -0.3 is 14.5 Å². The Bertz CT molecular complexity index is 790. The van der Waals surface area contributed by atoms with Crippen molar-refractivity contribution in [2.24, 2.45) is 0 Å². The Morgan fingerprint density at radius 1 is 1.25 bits per heavy atom. The van der Waals surface area contributed by atoms with Crippen molar-refractivity contribution in [3.8, 4) is 0 Å². The van der Waals surface area contributed by atoms with E-state index in [1.165, 1.54) is 10.4 Å². The molecule has 0 fully saturated rings. The van der Waals surface area contributed by atoms with Crippen LogP contribution in [0.4, 0.5) is 0 Å². The van der Waals surface area contributed by atoms with Crippen LogP contribution >= 0.6 is 11.3 Å². The summed E-state index contributed by atoms with van der Waals surface area (Å²) in [4.78, 5) is 30.6. The van der Waals surface area contributed by atoms with Crippen LogP contribution in [0.1, 0.15) is 41.8 Å². The number of rotatable bonds is 8. The van der Waals surface area contributed by atoms with E-state index >= 15 is 0 Å². The van der Waals surface area contributed by atoms with Crippen molar-refractivity contribution in [1.82, 2.24) is 9.80 Å². The zero-order valence-corrected chi connectivity index (χ0v) is 17.4. The predicted molar refractivity (Wildman–Crippen MR) is 111 cm³/mol. The first-order chi connectivity index (χ1) is 13.7. The molecule has 1 aliphatic heterocycles. The molecule has 0 spiro atoms. The minimum atomic E-state index is -0.0822. The lowest BCUT2D eigenvalue weighted by Crippen LogP contribution is -2.47. The maximum atomic E-state index is 13.3. The lowest BCUT2D eigenvalue weighted by molar-refractivity contribution is -0.141. The first-order valence-electron chi connectivity index (χ1n) is 9.83. The predicted octanol–water partition coefficient (Wildman–Crippen LogP) is 3.50. The zero-order valence-electron chi connectivity index (χ0n) is 16.6. The second kappa shape index (κ2) is 9.85. The topological polar surface area (TPSA) is 49.9 Å². The zero-order chi connectivity index (χ0) is 19.9. The molecule has 1 unspecified atom stereocenters. The molecular weight excluding hydrogens is 372 g/mol. The van der Waals surface area contributed by atoms with Crippen LogP contribution in [-0.4, -0.2) is 55.0 Å². The van der Waals surface area contributed by atoms with Crippen LogP contribution in [0.25, 0.3) is 0 Å². The van der Waals surface area contributed by atoms with Gasteiger partial charge in [0.15, 0.2) is 0 Å². The van der Waals surface area contributed by atoms with Crippen molar-refractivity contribution in [2.45, 2.75) is 32.2 Å². The molecule has 0 aliphatic carbocycles. The standard InChI is InChI=1S/C22H28N2O3S/c1-3-20(25)23(12-7-14-27-2)16-21(26)24-13-10-19-18(11-15-28-19)22(24)17-8-5-4-6-9-17/h4-6,8-9,11,15,22H,3,7,10,12-14,16H2,1-2H3. The molecular formula is C22H28N2O3S. The van der Waals surface area contributed by atoms with E-state index in [2.05, 4.69) is 23.6 Å². The summed E-state index contributed by atoms with van der Waals surface area (Å²) in [5.41, 5.74) is 2.33. The highest BCUT2D eigenvalue weighted by molar-refractivity contribution is 7.10. The molecule has 1 aromatic heterocycles. The minimum absolute atomic E-state index is 0.00456. The molecule has 150 valence electrons. The fourth-order valence-corrected chi connectivity index (χ4v) is 4.65. The van der Waals surface area contributed by atoms with Crippen molar-refractivity contribution < 1.29 is 14.3 Å². The van der Waals surface area contributed by atoms with Crippen LogP contribution < -0.4 is 0 Å². The monoisotopic (exact) mass is 400 g/mol. The number of fused-ring (bicyclic) bond motifs is 1. The normalized spacial score (nSPS) is 15.9. The third-order valence-corrected chi connectivity index (χ3v) is 6.16. The summed E-state index contributed by atoms with van der Waals surface area (Å²) < 4.78 is 5.10. The number of carbonyl (C=O) groups excluding carboxylic acids is 2. The summed E-state index contributed by atoms with van der Waals surface area (Å²) in [6.07, 6.45) is 2.00. The fraction of sp³-hybridized carbons (Fsp3) is 0.455. The second-order valence-electron chi connectivity index (χ2n) is 6.96. The Morgan fingerprint density at radius 2 is 2.04 bits per heavy atom. The van der Waals surface area contributed by atoms with Gasteiger partial charge in [-0.15, -0.1) is 11.3 Å². The molecule has 0 radical (unpaired) electrons. The van der Waals surface area contributed by atoms with E-state index in [0.717, 1.165) is 18.4 Å². The van der Waals surface area contributed by atoms with Crippen LogP contribution in [0.15, 0.2) is 41.8 Å². The van der Waals surface area contributed by atoms with Gasteiger partial charge in [-0.3, -0.25) is 9.59 Å². The van der Waals surface area contributed by atoms with Crippen LogP contribution in [0, 0.1) is 0 Å². The number of methoxy groups -OCH3 is 1. The molecule has 3 rings (SSSR count). The summed E-state index contributed by atoms with van der Waals surface area (Å²) in [7, 11) is 1.65. The molecule has 2 heterocycles. The Morgan fingerprint density at radius 3 is 2.75 bits per heavy atom. The van der Waals surface area contributed by atoms with Crippen molar-refractivity contribution in [3.63, 3.8) is 0 Å². The van der Waals surface area contributed by atoms with Gasteiger partial charge in [0.05, 0.1) is 12.6 Å². The summed E-state index contributed by atoms with van der Waals surface area (Å²) in [6.45, 7) is 3.76. The molecule has 2 aromatic rings. The summed E-state index contributed by atoms with van der Waals surface area (Å²) >= 11 is 1.76. The van der Waals surface area contributed by atoms with Gasteiger partial charge in [-0.25, -0.2) is 0 Å². The van der Waals surface area contributed by atoms with Crippen molar-refractivity contribution in [2.75, 3.05) is 33.4 Å². The molecule has 1 atom stereocenters. The summed E-state index contributed by atoms with van der Waals surface area (Å²) in [6, 6.07) is 12.2. The summed E-state index contributed by atoms with van der Waals surface area (Å²) in [5, 5.41) is 2.10. The number of thiophene rings is 1. The maximum Gasteiger partial charge on any atom is 0.242 e. The first-order valence-corrected chi connectivity index (χ1v) is 10.7. The quantitative estimate of drug-likeness (QED) is 0.637. The largest absolute Gasteiger partial charge is 0.385 e. The van der Waals surface area contributed by atoms with Gasteiger partial charge in [-0.05, 0) is 35.4 Å². The minimum Gasteiger partial charge on any atom is -0.385 e. The van der Waals surface area contributed by atoms with Gasteiger partial charge in [0.1, 0.15) is 0 Å². The van der Waals surface area contributed by atoms with Crippen molar-refractivity contribution >= 4 is 23.2 Å². The molecule has 1 aliphatic rings. The van der Waals surface area contributed by atoms with Gasteiger partial charge in [0.2, 0.25) is 11.8 Å². The molecule has 2 amide bonds. The summed E-state index contributed by atoms with van der Waals surface area (Å²) in [5.74, 6) is 0.0128. The third-order valence-electron chi connectivity index (χ3n) is 5.16. The van der Waals surface area contributed by atoms with Crippen LogP contribution in [0.5, 0.6) is 0 Å². The van der Waals surface area contributed by atoms with E-state index in [4.69, 9.17) is 4.74 Å². The first kappa shape index (κ1) is 20.6.